The summed E-state index contributed by atoms with van der Waals surface area (Å²) in [5.74, 6) is 1.72. The number of rotatable bonds is 7. The number of piperidine rings is 1. The zero-order chi connectivity index (χ0) is 28.8. The van der Waals surface area contributed by atoms with E-state index in [1.54, 1.807) is 18.5 Å². The molecule has 2 aromatic heterocycles. The average Bonchev–Trinajstić information content (AvgIpc) is 3.93. The Bertz CT molecular complexity index is 1700. The van der Waals surface area contributed by atoms with Gasteiger partial charge in [0, 0.05) is 53.9 Å². The van der Waals surface area contributed by atoms with Crippen LogP contribution in [0.5, 0.6) is 11.6 Å². The topological polar surface area (TPSA) is 130 Å². The first-order valence-electron chi connectivity index (χ1n) is 14.4. The van der Waals surface area contributed by atoms with E-state index in [-0.39, 0.29) is 17.9 Å². The van der Waals surface area contributed by atoms with Crippen LogP contribution in [0.3, 0.4) is 0 Å². The van der Waals surface area contributed by atoms with Gasteiger partial charge in [0.1, 0.15) is 5.75 Å². The summed E-state index contributed by atoms with van der Waals surface area (Å²) in [7, 11) is 0. The lowest BCUT2D eigenvalue weighted by atomic mass is 10.0. The largest absolute Gasteiger partial charge is 0.465 e. The second-order valence-corrected chi connectivity index (χ2v) is 11.7. The summed E-state index contributed by atoms with van der Waals surface area (Å²) in [6.07, 6.45) is 7.38. The van der Waals surface area contributed by atoms with Crippen molar-refractivity contribution in [1.82, 2.24) is 19.9 Å². The van der Waals surface area contributed by atoms with E-state index in [0.717, 1.165) is 54.1 Å². The maximum atomic E-state index is 12.9. The number of aromatic nitrogens is 3. The van der Waals surface area contributed by atoms with Gasteiger partial charge in [0.05, 0.1) is 11.3 Å². The van der Waals surface area contributed by atoms with Crippen LogP contribution in [0, 0.1) is 18.3 Å². The molecule has 1 aliphatic heterocycles. The number of anilines is 2. The Kier molecular flexibility index (Phi) is 6.41. The Morgan fingerprint density at radius 3 is 2.74 bits per heavy atom. The first-order chi connectivity index (χ1) is 20.4. The third kappa shape index (κ3) is 4.97. The lowest BCUT2D eigenvalue weighted by molar-refractivity contribution is -0.117. The number of carboxylic acid groups (broad SMARTS) is 1. The molecule has 3 fully saturated rings. The first kappa shape index (κ1) is 26.2. The molecule has 0 unspecified atom stereocenters. The van der Waals surface area contributed by atoms with Crippen LogP contribution in [0.1, 0.15) is 37.7 Å². The Balaban J connectivity index is 1.16. The van der Waals surface area contributed by atoms with Crippen molar-refractivity contribution in [3.05, 3.63) is 66.5 Å². The molecule has 1 saturated heterocycles. The molecule has 2 aromatic carbocycles. The van der Waals surface area contributed by atoms with Crippen molar-refractivity contribution < 1.29 is 19.4 Å². The molecule has 0 bridgehead atoms. The van der Waals surface area contributed by atoms with Crippen molar-refractivity contribution in [3.8, 4) is 22.9 Å². The smallest absolute Gasteiger partial charge is 0.407 e. The number of pyridine rings is 1. The number of hydrogen-bond acceptors (Lipinski definition) is 7. The van der Waals surface area contributed by atoms with Gasteiger partial charge in [0.15, 0.2) is 0 Å². The second kappa shape index (κ2) is 10.3. The number of likely N-dealkylation sites (tertiary alicyclic amines) is 1. The number of carbonyl (C=O) groups excluding carboxylic acids is 1. The summed E-state index contributed by atoms with van der Waals surface area (Å²) in [4.78, 5) is 39.4. The molecule has 2 saturated carbocycles. The number of nitrogens with zero attached hydrogens (tertiary/aromatic N) is 4. The molecule has 4 aromatic rings. The molecule has 10 nitrogen and oxygen atoms in total. The van der Waals surface area contributed by atoms with Gasteiger partial charge < -0.3 is 25.4 Å². The lowest BCUT2D eigenvalue weighted by Gasteiger charge is -2.31. The van der Waals surface area contributed by atoms with Crippen molar-refractivity contribution in [2.24, 2.45) is 11.3 Å². The fourth-order valence-electron chi connectivity index (χ4n) is 6.13. The second-order valence-electron chi connectivity index (χ2n) is 11.7. The standard InChI is InChI=1S/C32H32N6O4/c1-19-9-10-21-22(6-2-8-25(21)36-28(39)24-17-32(24)12-13-32)27(19)42-29-23(7-3-14-33-29)26-11-15-34-30(37-26)35-20-5-4-16-38(18-20)31(40)41/h2-3,6-11,14-15,20,24H,4-5,12-13,16-18H2,1H3,(H,36,39)(H,40,41)(H,34,35,37)/t20-,24-/m0/s1. The highest BCUT2D eigenvalue weighted by Gasteiger charge is 2.65. The van der Waals surface area contributed by atoms with Crippen LogP contribution >= 0.6 is 0 Å². The summed E-state index contributed by atoms with van der Waals surface area (Å²) >= 11 is 0. The van der Waals surface area contributed by atoms with Gasteiger partial charge in [-0.2, -0.15) is 0 Å². The van der Waals surface area contributed by atoms with Gasteiger partial charge in [-0.3, -0.25) is 4.79 Å². The van der Waals surface area contributed by atoms with Crippen LogP contribution in [0.2, 0.25) is 0 Å². The molecule has 3 aliphatic rings. The van der Waals surface area contributed by atoms with Gasteiger partial charge in [-0.15, -0.1) is 0 Å². The van der Waals surface area contributed by atoms with Crippen molar-refractivity contribution in [1.29, 1.82) is 0 Å². The summed E-state index contributed by atoms with van der Waals surface area (Å²) in [5, 5.41) is 17.6. The summed E-state index contributed by atoms with van der Waals surface area (Å²) in [6.45, 7) is 2.91. The highest BCUT2D eigenvalue weighted by molar-refractivity contribution is 6.06. The van der Waals surface area contributed by atoms with Gasteiger partial charge in [-0.1, -0.05) is 24.3 Å². The Hall–Kier alpha value is -4.73. The molecule has 214 valence electrons. The molecule has 10 heteroatoms. The molecule has 3 N–H and O–H groups in total. The van der Waals surface area contributed by atoms with Gasteiger partial charge in [0.2, 0.25) is 17.7 Å². The van der Waals surface area contributed by atoms with Crippen LogP contribution in [-0.4, -0.2) is 56.1 Å². The molecule has 42 heavy (non-hydrogen) atoms. The van der Waals surface area contributed by atoms with E-state index in [4.69, 9.17) is 9.72 Å². The number of ether oxygens (including phenoxy) is 1. The minimum Gasteiger partial charge on any atom is -0.465 e. The maximum absolute atomic E-state index is 12.9. The number of benzene rings is 2. The minimum atomic E-state index is -0.916. The zero-order valence-electron chi connectivity index (χ0n) is 23.3. The SMILES string of the molecule is Cc1ccc2c(NC(=O)[C@@H]3CC34CC4)cccc2c1Oc1ncccc1-c1ccnc(N[C@H]2CCCN(C(=O)O)C2)n1. The van der Waals surface area contributed by atoms with Gasteiger partial charge in [-0.05, 0) is 74.3 Å². The number of aryl methyl sites for hydroxylation is 1. The van der Waals surface area contributed by atoms with E-state index in [9.17, 15) is 14.7 Å². The van der Waals surface area contributed by atoms with E-state index in [1.165, 1.54) is 4.90 Å². The molecule has 7 rings (SSSR count). The summed E-state index contributed by atoms with van der Waals surface area (Å²) < 4.78 is 6.52. The van der Waals surface area contributed by atoms with E-state index in [1.807, 2.05) is 49.4 Å². The van der Waals surface area contributed by atoms with Crippen LogP contribution in [0.25, 0.3) is 22.0 Å². The predicted octanol–water partition coefficient (Wildman–Crippen LogP) is 6.09. The quantitative estimate of drug-likeness (QED) is 0.246. The predicted molar refractivity (Wildman–Crippen MR) is 159 cm³/mol. The van der Waals surface area contributed by atoms with E-state index < -0.39 is 6.09 Å². The highest BCUT2D eigenvalue weighted by Crippen LogP contribution is 2.70. The van der Waals surface area contributed by atoms with Crippen molar-refractivity contribution in [3.63, 3.8) is 0 Å². The van der Waals surface area contributed by atoms with Crippen LogP contribution in [0.4, 0.5) is 16.4 Å². The van der Waals surface area contributed by atoms with Gasteiger partial charge >= 0.3 is 6.09 Å². The van der Waals surface area contributed by atoms with Crippen molar-refractivity contribution in [2.45, 2.75) is 45.1 Å². The van der Waals surface area contributed by atoms with Crippen molar-refractivity contribution >= 4 is 34.4 Å². The fourth-order valence-corrected chi connectivity index (χ4v) is 6.13. The summed E-state index contributed by atoms with van der Waals surface area (Å²) in [5.41, 5.74) is 3.34. The van der Waals surface area contributed by atoms with Crippen LogP contribution < -0.4 is 15.4 Å². The Morgan fingerprint density at radius 2 is 1.93 bits per heavy atom. The molecule has 2 amide bonds. The summed E-state index contributed by atoms with van der Waals surface area (Å²) in [6, 6.07) is 15.3. The number of carbonyl (C=O) groups is 2. The molecule has 0 radical (unpaired) electrons. The van der Waals surface area contributed by atoms with Gasteiger partial charge in [0.25, 0.3) is 0 Å². The van der Waals surface area contributed by atoms with Crippen LogP contribution in [0.15, 0.2) is 60.9 Å². The molecular weight excluding hydrogens is 532 g/mol. The maximum Gasteiger partial charge on any atom is 0.407 e. The first-order valence-corrected chi connectivity index (χ1v) is 14.4. The third-order valence-electron chi connectivity index (χ3n) is 8.79. The number of fused-ring (bicyclic) bond motifs is 1. The molecule has 3 heterocycles. The molecular formula is C32H32N6O4. The zero-order valence-corrected chi connectivity index (χ0v) is 23.3. The highest BCUT2D eigenvalue weighted by atomic mass is 16.5. The normalized spacial score (nSPS) is 20.3. The van der Waals surface area contributed by atoms with E-state index >= 15 is 0 Å². The van der Waals surface area contributed by atoms with E-state index in [0.29, 0.717) is 47.3 Å². The lowest BCUT2D eigenvalue weighted by Crippen LogP contribution is -2.44. The third-order valence-corrected chi connectivity index (χ3v) is 8.79. The van der Waals surface area contributed by atoms with E-state index in [2.05, 4.69) is 20.6 Å². The Labute approximate surface area is 243 Å². The monoisotopic (exact) mass is 564 g/mol. The molecule has 1 spiro atoms. The molecule has 2 aliphatic carbocycles. The minimum absolute atomic E-state index is 0.0718. The average molecular weight is 565 g/mol. The van der Waals surface area contributed by atoms with Crippen molar-refractivity contribution in [2.75, 3.05) is 23.7 Å². The Morgan fingerprint density at radius 1 is 1.05 bits per heavy atom. The number of nitrogens with one attached hydrogen (secondary N) is 2. The van der Waals surface area contributed by atoms with Gasteiger partial charge in [-0.25, -0.2) is 19.7 Å². The number of amides is 2. The number of hydrogen-bond donors (Lipinski definition) is 3. The fraction of sp³-hybridized carbons (Fsp3) is 0.344. The van der Waals surface area contributed by atoms with Crippen LogP contribution in [-0.2, 0) is 4.79 Å². The molecule has 2 atom stereocenters.